The monoisotopic (exact) mass is 380 g/mol. The summed E-state index contributed by atoms with van der Waals surface area (Å²) < 4.78 is 5.50. The molecule has 0 radical (unpaired) electrons. The molecular weight excluding hydrogens is 363 g/mol. The lowest BCUT2D eigenvalue weighted by molar-refractivity contribution is -0.124. The zero-order chi connectivity index (χ0) is 18.2. The Balaban J connectivity index is 1.70. The molecule has 0 aliphatic rings. The van der Waals surface area contributed by atoms with Gasteiger partial charge in [-0.3, -0.25) is 9.59 Å². The summed E-state index contributed by atoms with van der Waals surface area (Å²) in [6.07, 6.45) is 0.152. The van der Waals surface area contributed by atoms with Gasteiger partial charge in [0, 0.05) is 5.02 Å². The van der Waals surface area contributed by atoms with Crippen LogP contribution < -0.4 is 15.4 Å². The van der Waals surface area contributed by atoms with Crippen LogP contribution in [0, 0.1) is 6.92 Å². The van der Waals surface area contributed by atoms with Gasteiger partial charge in [-0.05, 0) is 42.8 Å². The van der Waals surface area contributed by atoms with E-state index in [1.165, 1.54) is 0 Å². The van der Waals surface area contributed by atoms with Crippen LogP contribution in [0.5, 0.6) is 5.75 Å². The van der Waals surface area contributed by atoms with Crippen molar-refractivity contribution < 1.29 is 14.3 Å². The molecule has 0 saturated carbocycles. The summed E-state index contributed by atoms with van der Waals surface area (Å²) in [7, 11) is 0. The number of hydrogen-bond donors (Lipinski definition) is 2. The lowest BCUT2D eigenvalue weighted by Crippen LogP contribution is -2.33. The maximum Gasteiger partial charge on any atom is 0.243 e. The fourth-order valence-corrected chi connectivity index (χ4v) is 2.36. The zero-order valence-corrected chi connectivity index (χ0v) is 15.2. The van der Waals surface area contributed by atoms with Gasteiger partial charge in [0.15, 0.2) is 0 Å². The number of nitrogens with one attached hydrogen (secondary N) is 2. The molecule has 0 aliphatic carbocycles. The molecule has 0 unspecified atom stereocenters. The van der Waals surface area contributed by atoms with Crippen molar-refractivity contribution in [3.63, 3.8) is 0 Å². The number of ether oxygens (including phenoxy) is 1. The first-order valence-corrected chi connectivity index (χ1v) is 8.41. The lowest BCUT2D eigenvalue weighted by atomic mass is 10.2. The summed E-state index contributed by atoms with van der Waals surface area (Å²) in [6, 6.07) is 12.3. The second-order valence-electron chi connectivity index (χ2n) is 5.36. The van der Waals surface area contributed by atoms with Crippen molar-refractivity contribution >= 4 is 40.7 Å². The van der Waals surface area contributed by atoms with E-state index in [4.69, 9.17) is 27.9 Å². The van der Waals surface area contributed by atoms with E-state index in [0.29, 0.717) is 21.5 Å². The van der Waals surface area contributed by atoms with Crippen LogP contribution >= 0.6 is 23.2 Å². The van der Waals surface area contributed by atoms with Crippen LogP contribution in [0.4, 0.5) is 5.69 Å². The SMILES string of the molecule is Cc1cccc(OCCC(=O)NCC(=O)Nc2cc(Cl)ccc2Cl)c1. The maximum atomic E-state index is 11.9. The number of benzene rings is 2. The number of halogens is 2. The van der Waals surface area contributed by atoms with Crippen molar-refractivity contribution in [2.45, 2.75) is 13.3 Å². The molecule has 0 heterocycles. The molecule has 2 N–H and O–H groups in total. The van der Waals surface area contributed by atoms with E-state index in [9.17, 15) is 9.59 Å². The molecule has 0 aliphatic heterocycles. The summed E-state index contributed by atoms with van der Waals surface area (Å²) in [5.74, 6) is 0.0401. The molecule has 0 fully saturated rings. The van der Waals surface area contributed by atoms with Gasteiger partial charge < -0.3 is 15.4 Å². The van der Waals surface area contributed by atoms with E-state index >= 15 is 0 Å². The quantitative estimate of drug-likeness (QED) is 0.766. The van der Waals surface area contributed by atoms with Gasteiger partial charge in [0.05, 0.1) is 30.3 Å². The van der Waals surface area contributed by atoms with E-state index in [-0.39, 0.29) is 25.5 Å². The minimum absolute atomic E-state index is 0.152. The Kier molecular flexibility index (Phi) is 7.10. The van der Waals surface area contributed by atoms with Crippen molar-refractivity contribution in [1.29, 1.82) is 0 Å². The smallest absolute Gasteiger partial charge is 0.243 e. The molecule has 0 aromatic heterocycles. The number of hydrogen-bond acceptors (Lipinski definition) is 3. The normalized spacial score (nSPS) is 10.2. The van der Waals surface area contributed by atoms with Gasteiger partial charge in [0.2, 0.25) is 11.8 Å². The summed E-state index contributed by atoms with van der Waals surface area (Å²) in [6.45, 7) is 2.04. The molecule has 5 nitrogen and oxygen atoms in total. The molecule has 0 atom stereocenters. The Labute approximate surface area is 156 Å². The van der Waals surface area contributed by atoms with E-state index in [0.717, 1.165) is 5.56 Å². The van der Waals surface area contributed by atoms with Gasteiger partial charge in [-0.2, -0.15) is 0 Å². The average Bonchev–Trinajstić information content (AvgIpc) is 2.56. The van der Waals surface area contributed by atoms with Crippen LogP contribution in [0.2, 0.25) is 10.0 Å². The molecule has 0 bridgehead atoms. The van der Waals surface area contributed by atoms with Crippen LogP contribution in [0.1, 0.15) is 12.0 Å². The minimum atomic E-state index is -0.392. The first-order valence-electron chi connectivity index (χ1n) is 7.65. The average molecular weight is 381 g/mol. The fourth-order valence-electron chi connectivity index (χ4n) is 2.02. The first-order chi connectivity index (χ1) is 11.9. The van der Waals surface area contributed by atoms with Crippen molar-refractivity contribution in [3.05, 3.63) is 58.1 Å². The van der Waals surface area contributed by atoms with Gasteiger partial charge in [-0.1, -0.05) is 35.3 Å². The predicted molar refractivity (Wildman–Crippen MR) is 99.4 cm³/mol. The first kappa shape index (κ1) is 19.1. The highest BCUT2D eigenvalue weighted by atomic mass is 35.5. The van der Waals surface area contributed by atoms with Gasteiger partial charge in [-0.15, -0.1) is 0 Å². The topological polar surface area (TPSA) is 67.4 Å². The number of anilines is 1. The Hall–Kier alpha value is -2.24. The van der Waals surface area contributed by atoms with Gasteiger partial charge >= 0.3 is 0 Å². The summed E-state index contributed by atoms with van der Waals surface area (Å²) >= 11 is 11.8. The molecular formula is C18H18Cl2N2O3. The second kappa shape index (κ2) is 9.30. The number of carbonyl (C=O) groups is 2. The minimum Gasteiger partial charge on any atom is -0.493 e. The fraction of sp³-hybridized carbons (Fsp3) is 0.222. The molecule has 0 spiro atoms. The highest BCUT2D eigenvalue weighted by molar-refractivity contribution is 6.35. The van der Waals surface area contributed by atoms with Crippen LogP contribution in [-0.4, -0.2) is 25.0 Å². The zero-order valence-electron chi connectivity index (χ0n) is 13.6. The predicted octanol–water partition coefficient (Wildman–Crippen LogP) is 3.83. The number of aryl methyl sites for hydroxylation is 1. The van der Waals surface area contributed by atoms with Crippen molar-refractivity contribution in [2.24, 2.45) is 0 Å². The van der Waals surface area contributed by atoms with E-state index in [1.54, 1.807) is 18.2 Å². The van der Waals surface area contributed by atoms with Crippen LogP contribution in [0.15, 0.2) is 42.5 Å². The molecule has 0 saturated heterocycles. The molecule has 2 aromatic carbocycles. The largest absolute Gasteiger partial charge is 0.493 e. The summed E-state index contributed by atoms with van der Waals surface area (Å²) in [5, 5.41) is 5.95. The summed E-state index contributed by atoms with van der Waals surface area (Å²) in [4.78, 5) is 23.6. The maximum absolute atomic E-state index is 11.9. The van der Waals surface area contributed by atoms with Crippen LogP contribution in [0.25, 0.3) is 0 Å². The molecule has 7 heteroatoms. The van der Waals surface area contributed by atoms with E-state index < -0.39 is 5.91 Å². The second-order valence-corrected chi connectivity index (χ2v) is 6.21. The molecule has 2 rings (SSSR count). The van der Waals surface area contributed by atoms with Crippen molar-refractivity contribution in [3.8, 4) is 5.75 Å². The number of rotatable bonds is 7. The molecule has 132 valence electrons. The number of amides is 2. The Morgan fingerprint density at radius 3 is 2.64 bits per heavy atom. The number of carbonyl (C=O) groups excluding carboxylic acids is 2. The lowest BCUT2D eigenvalue weighted by Gasteiger charge is -2.09. The Morgan fingerprint density at radius 2 is 1.88 bits per heavy atom. The van der Waals surface area contributed by atoms with Crippen LogP contribution in [0.3, 0.4) is 0 Å². The highest BCUT2D eigenvalue weighted by Gasteiger charge is 2.09. The van der Waals surface area contributed by atoms with Crippen molar-refractivity contribution in [1.82, 2.24) is 5.32 Å². The Morgan fingerprint density at radius 1 is 1.08 bits per heavy atom. The molecule has 2 amide bonds. The Bertz CT molecular complexity index is 766. The van der Waals surface area contributed by atoms with Gasteiger partial charge in [-0.25, -0.2) is 0 Å². The van der Waals surface area contributed by atoms with E-state index in [2.05, 4.69) is 10.6 Å². The van der Waals surface area contributed by atoms with Crippen LogP contribution in [-0.2, 0) is 9.59 Å². The summed E-state index contributed by atoms with van der Waals surface area (Å²) in [5.41, 5.74) is 1.48. The van der Waals surface area contributed by atoms with Gasteiger partial charge in [0.1, 0.15) is 5.75 Å². The third-order valence-electron chi connectivity index (χ3n) is 3.24. The molecule has 2 aromatic rings. The van der Waals surface area contributed by atoms with E-state index in [1.807, 2.05) is 31.2 Å². The third kappa shape index (κ3) is 6.64. The molecule has 25 heavy (non-hydrogen) atoms. The highest BCUT2D eigenvalue weighted by Crippen LogP contribution is 2.25. The third-order valence-corrected chi connectivity index (χ3v) is 3.80. The van der Waals surface area contributed by atoms with Gasteiger partial charge in [0.25, 0.3) is 0 Å². The standard InChI is InChI=1S/C18H18Cl2N2O3/c1-12-3-2-4-14(9-12)25-8-7-17(23)21-11-18(24)22-16-10-13(19)5-6-15(16)20/h2-6,9-10H,7-8,11H2,1H3,(H,21,23)(H,22,24). The van der Waals surface area contributed by atoms with Crippen molar-refractivity contribution in [2.75, 3.05) is 18.5 Å².